The second kappa shape index (κ2) is 11.8. The lowest BCUT2D eigenvalue weighted by Gasteiger charge is -2.06. The maximum absolute atomic E-state index is 10.9. The van der Waals surface area contributed by atoms with Crippen molar-refractivity contribution in [3.05, 3.63) is 132 Å². The van der Waals surface area contributed by atoms with E-state index in [0.29, 0.717) is 24.3 Å². The number of hydrogen-bond acceptors (Lipinski definition) is 4. The van der Waals surface area contributed by atoms with E-state index in [1.807, 2.05) is 97.1 Å². The quantitative estimate of drug-likeness (QED) is 0.217. The second-order valence-corrected chi connectivity index (χ2v) is 8.69. The molecule has 6 heteroatoms. The number of H-pyrrole nitrogens is 2. The zero-order valence-corrected chi connectivity index (χ0v) is 20.6. The molecule has 0 aliphatic heterocycles. The predicted molar refractivity (Wildman–Crippen MR) is 149 cm³/mol. The third kappa shape index (κ3) is 5.82. The minimum absolute atomic E-state index is 0.521. The van der Waals surface area contributed by atoms with E-state index >= 15 is 0 Å². The number of rotatable bonds is 8. The molecule has 0 aliphatic rings. The molecular formula is C32H26N2O4. The molecule has 0 atom stereocenters. The first-order valence-electron chi connectivity index (χ1n) is 12.2. The summed E-state index contributed by atoms with van der Waals surface area (Å²) in [4.78, 5) is 27.9. The number of hydrogen-bond donors (Lipinski definition) is 2. The number of benzene rings is 4. The fourth-order valence-corrected chi connectivity index (χ4v) is 4.10. The Balaban J connectivity index is 0.000000155. The molecule has 188 valence electrons. The van der Waals surface area contributed by atoms with Crippen LogP contribution in [0.3, 0.4) is 0 Å². The van der Waals surface area contributed by atoms with Crippen LogP contribution in [0.4, 0.5) is 0 Å². The van der Waals surface area contributed by atoms with Crippen molar-refractivity contribution in [2.45, 2.75) is 13.2 Å². The van der Waals surface area contributed by atoms with Crippen molar-refractivity contribution in [2.24, 2.45) is 0 Å². The third-order valence-corrected chi connectivity index (χ3v) is 6.12. The molecule has 0 saturated heterocycles. The summed E-state index contributed by atoms with van der Waals surface area (Å²) < 4.78 is 11.5. The van der Waals surface area contributed by atoms with E-state index in [2.05, 4.69) is 9.97 Å². The largest absolute Gasteiger partial charge is 0.489 e. The van der Waals surface area contributed by atoms with Crippen LogP contribution >= 0.6 is 0 Å². The van der Waals surface area contributed by atoms with E-state index in [0.717, 1.165) is 57.0 Å². The van der Waals surface area contributed by atoms with E-state index in [1.165, 1.54) is 0 Å². The average molecular weight is 503 g/mol. The van der Waals surface area contributed by atoms with Gasteiger partial charge < -0.3 is 19.4 Å². The Morgan fingerprint density at radius 1 is 0.553 bits per heavy atom. The van der Waals surface area contributed by atoms with Crippen molar-refractivity contribution in [1.29, 1.82) is 0 Å². The van der Waals surface area contributed by atoms with Crippen LogP contribution in [-0.2, 0) is 13.2 Å². The molecule has 0 unspecified atom stereocenters. The Kier molecular flexibility index (Phi) is 7.61. The number of nitrogens with one attached hydrogen (secondary N) is 2. The van der Waals surface area contributed by atoms with Gasteiger partial charge in [0.1, 0.15) is 24.7 Å². The first-order valence-corrected chi connectivity index (χ1v) is 12.2. The summed E-state index contributed by atoms with van der Waals surface area (Å²) in [5, 5.41) is 1.78. The van der Waals surface area contributed by atoms with Gasteiger partial charge in [0.05, 0.1) is 0 Å². The normalized spacial score (nSPS) is 10.5. The van der Waals surface area contributed by atoms with Gasteiger partial charge in [-0.05, 0) is 47.5 Å². The van der Waals surface area contributed by atoms with Crippen LogP contribution < -0.4 is 9.47 Å². The van der Waals surface area contributed by atoms with Crippen molar-refractivity contribution < 1.29 is 19.1 Å². The summed E-state index contributed by atoms with van der Waals surface area (Å²) in [6.45, 7) is 1.04. The highest BCUT2D eigenvalue weighted by Crippen LogP contribution is 2.24. The molecule has 0 bridgehead atoms. The zero-order chi connectivity index (χ0) is 26.2. The Labute approximate surface area is 219 Å². The number of ether oxygens (including phenoxy) is 2. The fraction of sp³-hybridized carbons (Fsp3) is 0.0625. The van der Waals surface area contributed by atoms with Crippen LogP contribution in [-0.4, -0.2) is 22.5 Å². The van der Waals surface area contributed by atoms with Crippen molar-refractivity contribution in [3.63, 3.8) is 0 Å². The lowest BCUT2D eigenvalue weighted by molar-refractivity contribution is 0.111. The van der Waals surface area contributed by atoms with Gasteiger partial charge in [0.15, 0.2) is 12.6 Å². The van der Waals surface area contributed by atoms with Crippen LogP contribution in [0.15, 0.2) is 109 Å². The number of aromatic nitrogens is 2. The van der Waals surface area contributed by atoms with Gasteiger partial charge in [0.25, 0.3) is 0 Å². The molecule has 0 saturated carbocycles. The number of fused-ring (bicyclic) bond motifs is 2. The summed E-state index contributed by atoms with van der Waals surface area (Å²) in [7, 11) is 0. The molecule has 2 heterocycles. The summed E-state index contributed by atoms with van der Waals surface area (Å²) in [6.07, 6.45) is 5.11. The first kappa shape index (κ1) is 24.6. The predicted octanol–water partition coefficient (Wildman–Crippen LogP) is 7.12. The fourth-order valence-electron chi connectivity index (χ4n) is 4.10. The third-order valence-electron chi connectivity index (χ3n) is 6.12. The lowest BCUT2D eigenvalue weighted by atomic mass is 10.2. The Morgan fingerprint density at radius 3 is 1.37 bits per heavy atom. The smallest absolute Gasteiger partial charge is 0.152 e. The van der Waals surface area contributed by atoms with Crippen LogP contribution in [0.25, 0.3) is 21.8 Å². The van der Waals surface area contributed by atoms with Crippen LogP contribution in [0.1, 0.15) is 31.8 Å². The highest BCUT2D eigenvalue weighted by atomic mass is 16.5. The van der Waals surface area contributed by atoms with Gasteiger partial charge in [0.2, 0.25) is 0 Å². The molecule has 6 nitrogen and oxygen atoms in total. The Bertz CT molecular complexity index is 1530. The molecular weight excluding hydrogens is 476 g/mol. The Hall–Kier alpha value is -5.10. The molecule has 6 rings (SSSR count). The van der Waals surface area contributed by atoms with Crippen LogP contribution in [0, 0.1) is 0 Å². The molecule has 0 fully saturated rings. The molecule has 2 aromatic heterocycles. The molecule has 2 N–H and O–H groups in total. The molecule has 6 aromatic rings. The lowest BCUT2D eigenvalue weighted by Crippen LogP contribution is -1.94. The average Bonchev–Trinajstić information content (AvgIpc) is 3.59. The van der Waals surface area contributed by atoms with E-state index in [1.54, 1.807) is 12.4 Å². The zero-order valence-electron chi connectivity index (χ0n) is 20.6. The summed E-state index contributed by atoms with van der Waals surface area (Å²) in [6, 6.07) is 31.4. The monoisotopic (exact) mass is 502 g/mol. The standard InChI is InChI=1S/2C16H13NO2/c2*18-10-13-9-17-16-7-6-14(8-15(13)16)19-11-12-4-2-1-3-5-12/h2*1-10,17H,11H2. The molecule has 38 heavy (non-hydrogen) atoms. The summed E-state index contributed by atoms with van der Waals surface area (Å²) in [5.74, 6) is 1.53. The minimum Gasteiger partial charge on any atom is -0.489 e. The molecule has 0 radical (unpaired) electrons. The molecule has 0 aliphatic carbocycles. The second-order valence-electron chi connectivity index (χ2n) is 8.69. The maximum Gasteiger partial charge on any atom is 0.152 e. The topological polar surface area (TPSA) is 84.2 Å². The molecule has 0 amide bonds. The van der Waals surface area contributed by atoms with E-state index in [4.69, 9.17) is 9.47 Å². The van der Waals surface area contributed by atoms with Gasteiger partial charge in [0, 0.05) is 45.3 Å². The SMILES string of the molecule is O=Cc1c[nH]c2ccc(OCc3ccccc3)cc12.O=Cc1c[nH]c2ccc(OCc3ccccc3)cc12. The van der Waals surface area contributed by atoms with Crippen molar-refractivity contribution >= 4 is 34.4 Å². The number of carbonyl (C=O) groups excluding carboxylic acids is 2. The number of aldehydes is 2. The highest BCUT2D eigenvalue weighted by Gasteiger charge is 2.05. The van der Waals surface area contributed by atoms with Gasteiger partial charge in [-0.25, -0.2) is 0 Å². The number of carbonyl (C=O) groups is 2. The summed E-state index contributed by atoms with van der Waals surface area (Å²) in [5.41, 5.74) is 5.42. The molecule has 4 aromatic carbocycles. The van der Waals surface area contributed by atoms with Gasteiger partial charge in [-0.2, -0.15) is 0 Å². The van der Waals surface area contributed by atoms with E-state index in [9.17, 15) is 9.59 Å². The van der Waals surface area contributed by atoms with Gasteiger partial charge in [-0.1, -0.05) is 60.7 Å². The highest BCUT2D eigenvalue weighted by molar-refractivity contribution is 5.98. The first-order chi connectivity index (χ1) is 18.7. The maximum atomic E-state index is 10.9. The Morgan fingerprint density at radius 2 is 0.974 bits per heavy atom. The van der Waals surface area contributed by atoms with Crippen molar-refractivity contribution in [1.82, 2.24) is 9.97 Å². The van der Waals surface area contributed by atoms with Crippen LogP contribution in [0.2, 0.25) is 0 Å². The van der Waals surface area contributed by atoms with Gasteiger partial charge >= 0.3 is 0 Å². The minimum atomic E-state index is 0.521. The van der Waals surface area contributed by atoms with Crippen molar-refractivity contribution in [2.75, 3.05) is 0 Å². The van der Waals surface area contributed by atoms with E-state index in [-0.39, 0.29) is 0 Å². The van der Waals surface area contributed by atoms with Crippen molar-refractivity contribution in [3.8, 4) is 11.5 Å². The molecule has 0 spiro atoms. The summed E-state index contributed by atoms with van der Waals surface area (Å²) >= 11 is 0. The van der Waals surface area contributed by atoms with Crippen LogP contribution in [0.5, 0.6) is 11.5 Å². The number of aromatic amines is 2. The van der Waals surface area contributed by atoms with E-state index < -0.39 is 0 Å². The van der Waals surface area contributed by atoms with Gasteiger partial charge in [-0.15, -0.1) is 0 Å². The van der Waals surface area contributed by atoms with Gasteiger partial charge in [-0.3, -0.25) is 9.59 Å².